The van der Waals surface area contributed by atoms with Crippen molar-refractivity contribution in [3.63, 3.8) is 0 Å². The molecule has 8 aliphatic heterocycles. The number of benzene rings is 2. The van der Waals surface area contributed by atoms with Crippen LogP contribution in [0.3, 0.4) is 0 Å². The number of alkyl halides is 6. The van der Waals surface area contributed by atoms with Gasteiger partial charge in [0.15, 0.2) is 0 Å². The molecular weight excluding hydrogens is 842 g/mol. The highest BCUT2D eigenvalue weighted by Gasteiger charge is 2.84. The topological polar surface area (TPSA) is 218 Å². The van der Waals surface area contributed by atoms with Crippen LogP contribution in [0.4, 0.5) is 37.7 Å². The van der Waals surface area contributed by atoms with Crippen molar-refractivity contribution in [3.8, 4) is 12.1 Å². The van der Waals surface area contributed by atoms with Crippen LogP contribution < -0.4 is 9.80 Å². The number of methoxy groups -OCH3 is 2. The van der Waals surface area contributed by atoms with Crippen LogP contribution >= 0.6 is 0 Å². The summed E-state index contributed by atoms with van der Waals surface area (Å²) in [5.74, 6) is -6.86. The van der Waals surface area contributed by atoms with Crippen LogP contribution in [-0.2, 0) is 60.0 Å². The Morgan fingerprint density at radius 3 is 1.40 bits per heavy atom. The normalized spacial score (nSPS) is 38.2. The van der Waals surface area contributed by atoms with Gasteiger partial charge in [0, 0.05) is 48.9 Å². The quantitative estimate of drug-likeness (QED) is 0.334. The lowest BCUT2D eigenvalue weighted by atomic mass is 9.64. The smallest absolute Gasteiger partial charge is 0.417 e. The van der Waals surface area contributed by atoms with Crippen molar-refractivity contribution in [2.24, 2.45) is 23.7 Å². The molecule has 8 heterocycles. The molecular formula is C40H34F6N4O12. The predicted octanol–water partition coefficient (Wildman–Crippen LogP) is 2.70. The van der Waals surface area contributed by atoms with Crippen LogP contribution in [0, 0.1) is 46.3 Å². The summed E-state index contributed by atoms with van der Waals surface area (Å²) < 4.78 is 114. The van der Waals surface area contributed by atoms with Gasteiger partial charge in [-0.15, -0.1) is 0 Å². The van der Waals surface area contributed by atoms with Crippen LogP contribution in [0.5, 0.6) is 0 Å². The lowest BCUT2D eigenvalue weighted by Gasteiger charge is -2.42. The number of nitriles is 2. The van der Waals surface area contributed by atoms with Gasteiger partial charge in [0.2, 0.25) is 23.0 Å². The van der Waals surface area contributed by atoms with Gasteiger partial charge in [-0.2, -0.15) is 36.9 Å². The Hall–Kier alpha value is -5.36. The van der Waals surface area contributed by atoms with E-state index < -0.39 is 129 Å². The van der Waals surface area contributed by atoms with E-state index in [0.717, 1.165) is 48.3 Å². The molecule has 0 aliphatic carbocycles. The zero-order chi connectivity index (χ0) is 44.7. The molecule has 22 heteroatoms. The number of aliphatic hydroxyl groups is 2. The molecule has 4 bridgehead atoms. The Labute approximate surface area is 346 Å². The lowest BCUT2D eigenvalue weighted by Crippen LogP contribution is -2.57. The van der Waals surface area contributed by atoms with Crippen LogP contribution in [0.2, 0.25) is 0 Å². The Morgan fingerprint density at radius 2 is 1.08 bits per heavy atom. The highest BCUT2D eigenvalue weighted by atomic mass is 19.4. The molecule has 10 rings (SSSR count). The second-order valence-electron chi connectivity index (χ2n) is 16.5. The summed E-state index contributed by atoms with van der Waals surface area (Å²) in [5, 5.41) is 39.5. The first-order valence-electron chi connectivity index (χ1n) is 19.3. The van der Waals surface area contributed by atoms with E-state index >= 15 is 0 Å². The van der Waals surface area contributed by atoms with E-state index in [1.807, 2.05) is 0 Å². The van der Waals surface area contributed by atoms with Crippen molar-refractivity contribution in [1.82, 2.24) is 0 Å². The molecule has 0 saturated carbocycles. The summed E-state index contributed by atoms with van der Waals surface area (Å²) in [5.41, 5.74) is -9.63. The summed E-state index contributed by atoms with van der Waals surface area (Å²) in [6.45, 7) is 0.258. The fourth-order valence-corrected chi connectivity index (χ4v) is 11.5. The van der Waals surface area contributed by atoms with E-state index in [4.69, 9.17) is 38.9 Å². The lowest BCUT2D eigenvalue weighted by molar-refractivity contribution is -0.183. The van der Waals surface area contributed by atoms with E-state index in [1.165, 1.54) is 24.3 Å². The predicted molar refractivity (Wildman–Crippen MR) is 188 cm³/mol. The first-order valence-corrected chi connectivity index (χ1v) is 19.3. The molecule has 8 aliphatic rings. The SMILES string of the molecule is COC(=O)[C@@]12O[C@]3(CCO[C@@H]4[C@H]3[C@H]1C(=O)N4c1ccc(C#N)c(C(F)(F)F)c1)C[C@@H]2O.COC(=O)[C@]12O[C@@]3(CCO[C@H]4[C@@H]3[C@@H]1C(=O)N4c1ccc(C#N)c(C(F)(F)F)c1)C[C@H]2O. The van der Waals surface area contributed by atoms with Gasteiger partial charge in [-0.05, 0) is 36.4 Å². The van der Waals surface area contributed by atoms with E-state index in [9.17, 15) is 55.7 Å². The number of hydrogen-bond donors (Lipinski definition) is 2. The first kappa shape index (κ1) is 42.0. The number of aliphatic hydroxyl groups excluding tert-OH is 2. The Balaban J connectivity index is 0.000000158. The molecule has 0 radical (unpaired) electrons. The number of carbonyl (C=O) groups is 4. The summed E-state index contributed by atoms with van der Waals surface area (Å²) in [6, 6.07) is 8.93. The molecule has 2 aromatic carbocycles. The summed E-state index contributed by atoms with van der Waals surface area (Å²) >= 11 is 0. The van der Waals surface area contributed by atoms with Crippen molar-refractivity contribution in [2.75, 3.05) is 37.2 Å². The Morgan fingerprint density at radius 1 is 0.710 bits per heavy atom. The minimum Gasteiger partial charge on any atom is -0.467 e. The third-order valence-electron chi connectivity index (χ3n) is 13.9. The number of hydrogen-bond acceptors (Lipinski definition) is 14. The van der Waals surface area contributed by atoms with E-state index in [0.29, 0.717) is 12.8 Å². The van der Waals surface area contributed by atoms with Gasteiger partial charge in [0.25, 0.3) is 0 Å². The molecule has 16 nitrogen and oxygen atoms in total. The zero-order valence-electron chi connectivity index (χ0n) is 32.4. The Bertz CT molecular complexity index is 2240. The third-order valence-corrected chi connectivity index (χ3v) is 13.9. The summed E-state index contributed by atoms with van der Waals surface area (Å²) in [4.78, 5) is 54.5. The number of rotatable bonds is 4. The van der Waals surface area contributed by atoms with Gasteiger partial charge in [-0.3, -0.25) is 19.4 Å². The van der Waals surface area contributed by atoms with Gasteiger partial charge in [0.05, 0.1) is 97.1 Å². The number of nitrogens with zero attached hydrogens (tertiary/aromatic N) is 4. The Kier molecular flexibility index (Phi) is 9.19. The maximum absolute atomic E-state index is 13.5. The van der Waals surface area contributed by atoms with Crippen LogP contribution in [0.25, 0.3) is 0 Å². The molecule has 2 aromatic rings. The molecule has 0 aromatic heterocycles. The van der Waals surface area contributed by atoms with Crippen molar-refractivity contribution in [2.45, 2.75) is 85.1 Å². The van der Waals surface area contributed by atoms with E-state index in [-0.39, 0.29) is 37.4 Å². The molecule has 8 fully saturated rings. The number of carbonyl (C=O) groups excluding carboxylic acids is 4. The average Bonchev–Trinajstić information content (AvgIpc) is 4.04. The molecule has 328 valence electrons. The molecule has 0 unspecified atom stereocenters. The minimum absolute atomic E-state index is 0.0887. The standard InChI is InChI=1S/2C20H17F3N2O6/c2*1-29-17(28)19-12(26)7-18(31-19)4-5-30-16-14(18)13(19)15(27)25(16)10-3-2-9(8-24)11(6-10)20(21,22)23/h2*2-3,6,12-14,16,26H,4-5,7H2,1H3/t2*12-,13-,14+,16+,18+,19-/m10/s1. The first-order chi connectivity index (χ1) is 29.2. The number of fused-ring (bicyclic) bond motifs is 4. The van der Waals surface area contributed by atoms with Gasteiger partial charge in [-0.25, -0.2) is 9.59 Å². The van der Waals surface area contributed by atoms with Crippen molar-refractivity contribution < 1.29 is 84.2 Å². The molecule has 2 amide bonds. The molecule has 62 heavy (non-hydrogen) atoms. The minimum atomic E-state index is -4.81. The van der Waals surface area contributed by atoms with Gasteiger partial charge in [-0.1, -0.05) is 0 Å². The fraction of sp³-hybridized carbons (Fsp3) is 0.550. The van der Waals surface area contributed by atoms with E-state index in [1.54, 1.807) is 0 Å². The van der Waals surface area contributed by atoms with E-state index in [2.05, 4.69) is 0 Å². The highest BCUT2D eigenvalue weighted by molar-refractivity contribution is 6.05. The van der Waals surface area contributed by atoms with Crippen LogP contribution in [-0.4, -0.2) is 108 Å². The zero-order valence-corrected chi connectivity index (χ0v) is 32.4. The third kappa shape index (κ3) is 5.27. The molecule has 2 spiro atoms. The maximum Gasteiger partial charge on any atom is 0.417 e. The summed E-state index contributed by atoms with van der Waals surface area (Å²) in [6.07, 6.45) is -13.3. The van der Waals surface area contributed by atoms with Crippen molar-refractivity contribution in [1.29, 1.82) is 10.5 Å². The van der Waals surface area contributed by atoms with Crippen molar-refractivity contribution >= 4 is 35.1 Å². The van der Waals surface area contributed by atoms with Gasteiger partial charge < -0.3 is 38.6 Å². The van der Waals surface area contributed by atoms with Gasteiger partial charge in [0.1, 0.15) is 12.5 Å². The monoisotopic (exact) mass is 876 g/mol. The molecule has 2 N–H and O–H groups in total. The molecule has 8 saturated heterocycles. The largest absolute Gasteiger partial charge is 0.467 e. The maximum atomic E-state index is 13.5. The molecule has 12 atom stereocenters. The second kappa shape index (κ2) is 13.6. The van der Waals surface area contributed by atoms with Crippen molar-refractivity contribution in [3.05, 3.63) is 58.7 Å². The second-order valence-corrected chi connectivity index (χ2v) is 16.5. The number of esters is 2. The fourth-order valence-electron chi connectivity index (χ4n) is 11.5. The highest BCUT2D eigenvalue weighted by Crippen LogP contribution is 2.67. The number of halogens is 6. The van der Waals surface area contributed by atoms with Crippen LogP contribution in [0.15, 0.2) is 36.4 Å². The summed E-state index contributed by atoms with van der Waals surface area (Å²) in [7, 11) is 2.23. The number of ether oxygens (including phenoxy) is 6. The number of amides is 2. The average molecular weight is 877 g/mol. The number of anilines is 2. The van der Waals surface area contributed by atoms with Gasteiger partial charge >= 0.3 is 24.3 Å². The van der Waals surface area contributed by atoms with Crippen LogP contribution in [0.1, 0.15) is 47.9 Å².